The maximum Gasteiger partial charge on any atom is 0.333 e. The SMILES string of the molecule is Cc1ccccc1-c1nc2ncnc(NC3CC(O)C(COS(N)(=O)=O)C3)c2[nH]1. The maximum atomic E-state index is 11.0. The minimum absolute atomic E-state index is 0.109. The summed E-state index contributed by atoms with van der Waals surface area (Å²) in [4.78, 5) is 16.4. The second kappa shape index (κ2) is 7.67. The first kappa shape index (κ1) is 19.7. The van der Waals surface area contributed by atoms with Crippen molar-refractivity contribution in [3.05, 3.63) is 36.2 Å². The third kappa shape index (κ3) is 4.37. The highest BCUT2D eigenvalue weighted by Gasteiger charge is 2.34. The molecule has 3 atom stereocenters. The highest BCUT2D eigenvalue weighted by molar-refractivity contribution is 7.84. The second-order valence-electron chi connectivity index (χ2n) is 7.24. The number of aromatic amines is 1. The zero-order chi connectivity index (χ0) is 20.6. The van der Waals surface area contributed by atoms with Gasteiger partial charge in [0.15, 0.2) is 11.5 Å². The van der Waals surface area contributed by atoms with E-state index < -0.39 is 16.4 Å². The Labute approximate surface area is 167 Å². The molecule has 0 bridgehead atoms. The first-order chi connectivity index (χ1) is 13.8. The Morgan fingerprint density at radius 3 is 2.86 bits per heavy atom. The van der Waals surface area contributed by atoms with Crippen molar-refractivity contribution in [2.24, 2.45) is 11.1 Å². The molecular formula is C18H22N6O4S. The van der Waals surface area contributed by atoms with E-state index in [-0.39, 0.29) is 18.6 Å². The molecule has 154 valence electrons. The van der Waals surface area contributed by atoms with Gasteiger partial charge in [0.2, 0.25) is 0 Å². The summed E-state index contributed by atoms with van der Waals surface area (Å²) in [5, 5.41) is 18.4. The molecule has 29 heavy (non-hydrogen) atoms. The molecule has 1 aliphatic rings. The lowest BCUT2D eigenvalue weighted by molar-refractivity contribution is 0.101. The van der Waals surface area contributed by atoms with Crippen molar-refractivity contribution in [1.29, 1.82) is 0 Å². The number of hydrogen-bond donors (Lipinski definition) is 4. The van der Waals surface area contributed by atoms with Crippen LogP contribution >= 0.6 is 0 Å². The van der Waals surface area contributed by atoms with E-state index in [9.17, 15) is 13.5 Å². The first-order valence-electron chi connectivity index (χ1n) is 9.18. The van der Waals surface area contributed by atoms with E-state index in [2.05, 4.69) is 29.4 Å². The molecule has 4 rings (SSSR count). The summed E-state index contributed by atoms with van der Waals surface area (Å²) in [5.74, 6) is 0.938. The van der Waals surface area contributed by atoms with Crippen molar-refractivity contribution in [3.63, 3.8) is 0 Å². The summed E-state index contributed by atoms with van der Waals surface area (Å²) in [7, 11) is -4.03. The molecule has 5 N–H and O–H groups in total. The number of aromatic nitrogens is 4. The van der Waals surface area contributed by atoms with Gasteiger partial charge in [-0.2, -0.15) is 8.42 Å². The number of rotatable bonds is 6. The van der Waals surface area contributed by atoms with E-state index in [1.54, 1.807) is 0 Å². The number of aliphatic hydroxyl groups excluding tert-OH is 1. The fourth-order valence-electron chi connectivity index (χ4n) is 3.68. The third-order valence-corrected chi connectivity index (χ3v) is 5.60. The summed E-state index contributed by atoms with van der Waals surface area (Å²) in [5.41, 5.74) is 3.27. The molecule has 10 nitrogen and oxygen atoms in total. The zero-order valence-electron chi connectivity index (χ0n) is 15.7. The number of fused-ring (bicyclic) bond motifs is 1. The molecule has 0 amide bonds. The predicted octanol–water partition coefficient (Wildman–Crippen LogP) is 1.10. The van der Waals surface area contributed by atoms with Crippen LogP contribution in [-0.2, 0) is 14.5 Å². The number of H-pyrrole nitrogens is 1. The summed E-state index contributed by atoms with van der Waals surface area (Å²) >= 11 is 0. The number of nitrogens with one attached hydrogen (secondary N) is 2. The molecule has 2 aromatic heterocycles. The summed E-state index contributed by atoms with van der Waals surface area (Å²) in [6, 6.07) is 7.80. The Morgan fingerprint density at radius 2 is 2.10 bits per heavy atom. The third-order valence-electron chi connectivity index (χ3n) is 5.13. The number of hydrogen-bond acceptors (Lipinski definition) is 8. The average molecular weight is 418 g/mol. The number of aryl methyl sites for hydroxylation is 1. The Kier molecular flexibility index (Phi) is 5.21. The van der Waals surface area contributed by atoms with Gasteiger partial charge in [0, 0.05) is 17.5 Å². The molecule has 2 heterocycles. The van der Waals surface area contributed by atoms with Crippen LogP contribution in [0.2, 0.25) is 0 Å². The van der Waals surface area contributed by atoms with Crippen molar-refractivity contribution in [3.8, 4) is 11.4 Å². The molecular weight excluding hydrogens is 396 g/mol. The molecule has 3 unspecified atom stereocenters. The van der Waals surface area contributed by atoms with Crippen LogP contribution in [-0.4, -0.2) is 52.2 Å². The largest absolute Gasteiger partial charge is 0.393 e. The number of benzene rings is 1. The Morgan fingerprint density at radius 1 is 1.31 bits per heavy atom. The van der Waals surface area contributed by atoms with Crippen molar-refractivity contribution in [1.82, 2.24) is 19.9 Å². The predicted molar refractivity (Wildman–Crippen MR) is 107 cm³/mol. The van der Waals surface area contributed by atoms with E-state index in [1.165, 1.54) is 6.33 Å². The van der Waals surface area contributed by atoms with Crippen molar-refractivity contribution < 1.29 is 17.7 Å². The highest BCUT2D eigenvalue weighted by Crippen LogP contribution is 2.31. The van der Waals surface area contributed by atoms with Crippen LogP contribution in [0.15, 0.2) is 30.6 Å². The van der Waals surface area contributed by atoms with Crippen LogP contribution in [0.5, 0.6) is 0 Å². The summed E-state index contributed by atoms with van der Waals surface area (Å²) in [6.07, 6.45) is 1.68. The molecule has 0 spiro atoms. The van der Waals surface area contributed by atoms with E-state index in [0.29, 0.717) is 35.6 Å². The van der Waals surface area contributed by atoms with Crippen LogP contribution < -0.4 is 10.5 Å². The van der Waals surface area contributed by atoms with Gasteiger partial charge in [-0.05, 0) is 25.3 Å². The number of anilines is 1. The number of nitrogens with two attached hydrogens (primary N) is 1. The van der Waals surface area contributed by atoms with Crippen molar-refractivity contribution in [2.45, 2.75) is 31.9 Å². The van der Waals surface area contributed by atoms with Gasteiger partial charge in [-0.15, -0.1) is 0 Å². The van der Waals surface area contributed by atoms with Gasteiger partial charge in [-0.1, -0.05) is 24.3 Å². The number of aliphatic hydroxyl groups is 1. The van der Waals surface area contributed by atoms with Crippen LogP contribution in [0.1, 0.15) is 18.4 Å². The molecule has 1 aliphatic carbocycles. The Balaban J connectivity index is 1.54. The minimum Gasteiger partial charge on any atom is -0.393 e. The quantitative estimate of drug-likeness (QED) is 0.463. The van der Waals surface area contributed by atoms with E-state index in [1.807, 2.05) is 31.2 Å². The van der Waals surface area contributed by atoms with E-state index in [4.69, 9.17) is 5.14 Å². The standard InChI is InChI=1S/C18H22N6O4S/c1-10-4-2-3-5-13(10)16-23-15-17(20-9-21-18(15)24-16)22-12-6-11(14(25)7-12)8-28-29(19,26)27/h2-5,9,11-12,14,25H,6-8H2,1H3,(H2,19,26,27)(H2,20,21,22,23,24). The normalized spacial score (nSPS) is 22.2. The van der Waals surface area contributed by atoms with Gasteiger partial charge in [0.05, 0.1) is 12.7 Å². The molecule has 1 saturated carbocycles. The number of nitrogens with zero attached hydrogens (tertiary/aromatic N) is 3. The van der Waals surface area contributed by atoms with Gasteiger partial charge in [0.1, 0.15) is 17.7 Å². The average Bonchev–Trinajstić information content (AvgIpc) is 3.24. The monoisotopic (exact) mass is 418 g/mol. The Hall–Kier alpha value is -2.60. The van der Waals surface area contributed by atoms with Crippen molar-refractivity contribution >= 4 is 27.3 Å². The lowest BCUT2D eigenvalue weighted by atomic mass is 10.1. The lowest BCUT2D eigenvalue weighted by Crippen LogP contribution is -2.24. The van der Waals surface area contributed by atoms with Gasteiger partial charge in [-0.25, -0.2) is 20.1 Å². The van der Waals surface area contributed by atoms with Crippen LogP contribution in [0, 0.1) is 12.8 Å². The minimum atomic E-state index is -4.03. The summed E-state index contributed by atoms with van der Waals surface area (Å²) in [6.45, 7) is 1.86. The fraction of sp³-hybridized carbons (Fsp3) is 0.389. The van der Waals surface area contributed by atoms with Crippen LogP contribution in [0.25, 0.3) is 22.6 Å². The molecule has 1 fully saturated rings. The molecule has 11 heteroatoms. The molecule has 1 aromatic carbocycles. The second-order valence-corrected chi connectivity index (χ2v) is 8.46. The van der Waals surface area contributed by atoms with E-state index >= 15 is 0 Å². The lowest BCUT2D eigenvalue weighted by Gasteiger charge is -2.13. The molecule has 3 aromatic rings. The molecule has 0 saturated heterocycles. The van der Waals surface area contributed by atoms with Gasteiger partial charge in [0.25, 0.3) is 0 Å². The Bertz CT molecular complexity index is 1130. The van der Waals surface area contributed by atoms with Gasteiger partial charge in [-0.3, -0.25) is 4.18 Å². The highest BCUT2D eigenvalue weighted by atomic mass is 32.2. The molecule has 0 radical (unpaired) electrons. The first-order valence-corrected chi connectivity index (χ1v) is 10.7. The fourth-order valence-corrected chi connectivity index (χ4v) is 4.04. The smallest absolute Gasteiger partial charge is 0.333 e. The van der Waals surface area contributed by atoms with Crippen molar-refractivity contribution in [2.75, 3.05) is 11.9 Å². The molecule has 0 aliphatic heterocycles. The van der Waals surface area contributed by atoms with Gasteiger partial charge >= 0.3 is 10.3 Å². The summed E-state index contributed by atoms with van der Waals surface area (Å²) < 4.78 is 26.6. The van der Waals surface area contributed by atoms with Crippen LogP contribution in [0.4, 0.5) is 5.82 Å². The number of imidazole rings is 1. The van der Waals surface area contributed by atoms with Gasteiger partial charge < -0.3 is 15.4 Å². The van der Waals surface area contributed by atoms with Crippen LogP contribution in [0.3, 0.4) is 0 Å². The topological polar surface area (TPSA) is 156 Å². The van der Waals surface area contributed by atoms with E-state index in [0.717, 1.165) is 11.1 Å². The maximum absolute atomic E-state index is 11.0. The zero-order valence-corrected chi connectivity index (χ0v) is 16.6.